The van der Waals surface area contributed by atoms with Crippen LogP contribution >= 0.6 is 0 Å². The number of anilines is 3. The number of amides is 2. The highest BCUT2D eigenvalue weighted by molar-refractivity contribution is 5.92. The lowest BCUT2D eigenvalue weighted by atomic mass is 10.1. The number of hydrogen-bond donors (Lipinski definition) is 3. The lowest BCUT2D eigenvalue weighted by Gasteiger charge is -2.12. The SMILES string of the molecule is COCCOc1cc(F)c2c(Nc3ccc(NC(=O)NCCC4(C#N)CC4)cc3)ncnc2c1. The van der Waals surface area contributed by atoms with E-state index in [0.29, 0.717) is 54.6 Å². The van der Waals surface area contributed by atoms with Crippen LogP contribution in [0.15, 0.2) is 42.7 Å². The molecule has 176 valence electrons. The number of rotatable bonds is 10. The van der Waals surface area contributed by atoms with Crippen molar-refractivity contribution in [2.24, 2.45) is 5.41 Å². The molecular formula is C24H25FN6O3. The molecule has 1 saturated carbocycles. The zero-order valence-electron chi connectivity index (χ0n) is 18.7. The van der Waals surface area contributed by atoms with Crippen LogP contribution in [0.3, 0.4) is 0 Å². The number of nitrogens with one attached hydrogen (secondary N) is 3. The second kappa shape index (κ2) is 10.3. The topological polar surface area (TPSA) is 121 Å². The first-order valence-electron chi connectivity index (χ1n) is 10.9. The van der Waals surface area contributed by atoms with Gasteiger partial charge in [-0.05, 0) is 43.5 Å². The Morgan fingerprint density at radius 1 is 1.18 bits per heavy atom. The maximum absolute atomic E-state index is 14.8. The fourth-order valence-corrected chi connectivity index (χ4v) is 3.47. The summed E-state index contributed by atoms with van der Waals surface area (Å²) in [7, 11) is 1.56. The summed E-state index contributed by atoms with van der Waals surface area (Å²) in [6, 6.07) is 11.9. The quantitative estimate of drug-likeness (QED) is 0.381. The Balaban J connectivity index is 1.37. The summed E-state index contributed by atoms with van der Waals surface area (Å²) in [6.45, 7) is 1.14. The highest BCUT2D eigenvalue weighted by atomic mass is 19.1. The highest BCUT2D eigenvalue weighted by Gasteiger charge is 2.42. The van der Waals surface area contributed by atoms with E-state index in [4.69, 9.17) is 14.7 Å². The van der Waals surface area contributed by atoms with Gasteiger partial charge in [-0.2, -0.15) is 5.26 Å². The normalized spacial score (nSPS) is 13.7. The van der Waals surface area contributed by atoms with E-state index < -0.39 is 5.82 Å². The van der Waals surface area contributed by atoms with E-state index in [9.17, 15) is 9.18 Å². The lowest BCUT2D eigenvalue weighted by molar-refractivity contribution is 0.146. The number of ether oxygens (including phenoxy) is 2. The third kappa shape index (κ3) is 5.68. The van der Waals surface area contributed by atoms with Crippen LogP contribution in [0.5, 0.6) is 5.75 Å². The molecule has 0 bridgehead atoms. The van der Waals surface area contributed by atoms with Crippen LogP contribution in [0, 0.1) is 22.6 Å². The second-order valence-electron chi connectivity index (χ2n) is 8.09. The molecule has 1 aromatic heterocycles. The Hall–Kier alpha value is -3.97. The van der Waals surface area contributed by atoms with Gasteiger partial charge in [0, 0.05) is 37.2 Å². The molecule has 0 atom stereocenters. The number of carbonyl (C=O) groups excluding carboxylic acids is 1. The van der Waals surface area contributed by atoms with Crippen LogP contribution in [0.2, 0.25) is 0 Å². The molecule has 0 unspecified atom stereocenters. The van der Waals surface area contributed by atoms with Crippen LogP contribution in [-0.4, -0.2) is 42.9 Å². The second-order valence-corrected chi connectivity index (χ2v) is 8.09. The van der Waals surface area contributed by atoms with E-state index in [2.05, 4.69) is 32.0 Å². The van der Waals surface area contributed by atoms with Gasteiger partial charge in [-0.3, -0.25) is 0 Å². The first kappa shape index (κ1) is 23.2. The fourth-order valence-electron chi connectivity index (χ4n) is 3.47. The first-order chi connectivity index (χ1) is 16.5. The van der Waals surface area contributed by atoms with Gasteiger partial charge in [-0.25, -0.2) is 19.2 Å². The molecule has 1 heterocycles. The van der Waals surface area contributed by atoms with Crippen LogP contribution in [0.25, 0.3) is 10.9 Å². The molecule has 0 aliphatic heterocycles. The monoisotopic (exact) mass is 464 g/mol. The lowest BCUT2D eigenvalue weighted by Crippen LogP contribution is -2.30. The molecule has 3 N–H and O–H groups in total. The zero-order chi connectivity index (χ0) is 24.0. The summed E-state index contributed by atoms with van der Waals surface area (Å²) < 4.78 is 25.3. The number of halogens is 1. The number of fused-ring (bicyclic) bond motifs is 1. The Bertz CT molecular complexity index is 1210. The molecule has 0 spiro atoms. The molecule has 1 aliphatic rings. The van der Waals surface area contributed by atoms with E-state index in [1.807, 2.05) is 0 Å². The molecule has 1 fully saturated rings. The van der Waals surface area contributed by atoms with Gasteiger partial charge in [0.25, 0.3) is 0 Å². The first-order valence-corrected chi connectivity index (χ1v) is 10.9. The van der Waals surface area contributed by atoms with Crippen molar-refractivity contribution in [3.05, 3.63) is 48.5 Å². The number of benzene rings is 2. The molecule has 2 aromatic carbocycles. The Morgan fingerprint density at radius 2 is 1.94 bits per heavy atom. The number of nitrogens with zero attached hydrogens (tertiary/aromatic N) is 3. The maximum atomic E-state index is 14.8. The van der Waals surface area contributed by atoms with E-state index >= 15 is 0 Å². The number of carbonyl (C=O) groups is 1. The smallest absolute Gasteiger partial charge is 0.319 e. The van der Waals surface area contributed by atoms with Crippen molar-refractivity contribution in [2.45, 2.75) is 19.3 Å². The highest BCUT2D eigenvalue weighted by Crippen LogP contribution is 2.47. The van der Waals surface area contributed by atoms with E-state index in [-0.39, 0.29) is 16.8 Å². The summed E-state index contributed by atoms with van der Waals surface area (Å²) in [4.78, 5) is 20.4. The van der Waals surface area contributed by atoms with Crippen molar-refractivity contribution in [3.8, 4) is 11.8 Å². The average Bonchev–Trinajstić information content (AvgIpc) is 3.61. The van der Waals surface area contributed by atoms with Crippen molar-refractivity contribution in [2.75, 3.05) is 37.5 Å². The molecule has 4 rings (SSSR count). The third-order valence-electron chi connectivity index (χ3n) is 5.60. The van der Waals surface area contributed by atoms with Gasteiger partial charge in [0.15, 0.2) is 0 Å². The standard InChI is InChI=1S/C24H25FN6O3/c1-33-10-11-34-18-12-19(25)21-20(13-18)28-15-29-22(21)30-16-2-4-17(5-3-16)31-23(32)27-9-8-24(14-26)6-7-24/h2-5,12-13,15H,6-11H2,1H3,(H2,27,31,32)(H,28,29,30). The number of hydrogen-bond acceptors (Lipinski definition) is 7. The van der Waals surface area contributed by atoms with E-state index in [0.717, 1.165) is 12.8 Å². The summed E-state index contributed by atoms with van der Waals surface area (Å²) >= 11 is 0. The van der Waals surface area contributed by atoms with Gasteiger partial charge in [-0.15, -0.1) is 0 Å². The predicted molar refractivity (Wildman–Crippen MR) is 126 cm³/mol. The van der Waals surface area contributed by atoms with Gasteiger partial charge in [-0.1, -0.05) is 0 Å². The Morgan fingerprint density at radius 3 is 2.65 bits per heavy atom. The van der Waals surface area contributed by atoms with Gasteiger partial charge in [0.1, 0.15) is 30.3 Å². The maximum Gasteiger partial charge on any atom is 0.319 e. The molecule has 9 nitrogen and oxygen atoms in total. The van der Waals surface area contributed by atoms with Crippen molar-refractivity contribution in [1.82, 2.24) is 15.3 Å². The van der Waals surface area contributed by atoms with Crippen LogP contribution in [0.1, 0.15) is 19.3 Å². The zero-order valence-corrected chi connectivity index (χ0v) is 18.7. The van der Waals surface area contributed by atoms with Gasteiger partial charge < -0.3 is 25.4 Å². The summed E-state index contributed by atoms with van der Waals surface area (Å²) in [5.74, 6) is 0.170. The Labute approximate surface area is 196 Å². The number of nitriles is 1. The molecule has 0 radical (unpaired) electrons. The molecule has 2 amide bonds. The average molecular weight is 465 g/mol. The minimum atomic E-state index is -0.507. The Kier molecular flexibility index (Phi) is 7.04. The van der Waals surface area contributed by atoms with Crippen LogP contribution in [-0.2, 0) is 4.74 Å². The van der Waals surface area contributed by atoms with Crippen LogP contribution in [0.4, 0.5) is 26.4 Å². The molecular weight excluding hydrogens is 439 g/mol. The predicted octanol–water partition coefficient (Wildman–Crippen LogP) is 4.35. The van der Waals surface area contributed by atoms with Crippen molar-refractivity contribution < 1.29 is 18.7 Å². The van der Waals surface area contributed by atoms with Gasteiger partial charge >= 0.3 is 6.03 Å². The molecule has 1 aliphatic carbocycles. The largest absolute Gasteiger partial charge is 0.491 e. The van der Waals surface area contributed by atoms with E-state index in [1.165, 1.54) is 12.4 Å². The molecule has 3 aromatic rings. The summed E-state index contributed by atoms with van der Waals surface area (Å²) in [5, 5.41) is 18.0. The van der Waals surface area contributed by atoms with Crippen molar-refractivity contribution in [3.63, 3.8) is 0 Å². The van der Waals surface area contributed by atoms with Gasteiger partial charge in [0.05, 0.1) is 29.0 Å². The number of methoxy groups -OCH3 is 1. The fraction of sp³-hybridized carbons (Fsp3) is 0.333. The summed E-state index contributed by atoms with van der Waals surface area (Å²) in [5.41, 5.74) is 1.42. The minimum Gasteiger partial charge on any atom is -0.491 e. The number of urea groups is 1. The summed E-state index contributed by atoms with van der Waals surface area (Å²) in [6.07, 6.45) is 3.80. The third-order valence-corrected chi connectivity index (χ3v) is 5.60. The van der Waals surface area contributed by atoms with Gasteiger partial charge in [0.2, 0.25) is 0 Å². The van der Waals surface area contributed by atoms with E-state index in [1.54, 1.807) is 37.4 Å². The molecule has 34 heavy (non-hydrogen) atoms. The van der Waals surface area contributed by atoms with Crippen molar-refractivity contribution >= 4 is 34.1 Å². The molecule has 10 heteroatoms. The van der Waals surface area contributed by atoms with Crippen molar-refractivity contribution in [1.29, 1.82) is 5.26 Å². The van der Waals surface area contributed by atoms with Crippen LogP contribution < -0.4 is 20.7 Å². The number of aromatic nitrogens is 2. The molecule has 0 saturated heterocycles. The minimum absolute atomic E-state index is 0.244.